The van der Waals surface area contributed by atoms with Gasteiger partial charge in [-0.25, -0.2) is 0 Å². The second-order valence-corrected chi connectivity index (χ2v) is 2.75. The zero-order valence-electron chi connectivity index (χ0n) is 6.09. The summed E-state index contributed by atoms with van der Waals surface area (Å²) in [6.45, 7) is 0.0469. The average molecular weight is 163 g/mol. The van der Waals surface area contributed by atoms with Crippen molar-refractivity contribution in [3.05, 3.63) is 0 Å². The molecular formula is C6H13NO4. The van der Waals surface area contributed by atoms with Gasteiger partial charge < -0.3 is 20.4 Å². The minimum atomic E-state index is -0.971. The highest BCUT2D eigenvalue weighted by atomic mass is 16.3. The van der Waals surface area contributed by atoms with E-state index in [0.29, 0.717) is 0 Å². The number of aliphatic hydroxyl groups is 4. The van der Waals surface area contributed by atoms with Crippen LogP contribution in [0.4, 0.5) is 0 Å². The maximum Gasteiger partial charge on any atom is 0.130 e. The molecule has 0 saturated carbocycles. The summed E-state index contributed by atoms with van der Waals surface area (Å²) in [7, 11) is 0. The largest absolute Gasteiger partial charge is 0.392 e. The minimum absolute atomic E-state index is 0.211. The molecule has 1 rings (SSSR count). The van der Waals surface area contributed by atoms with Gasteiger partial charge in [-0.1, -0.05) is 0 Å². The van der Waals surface area contributed by atoms with Gasteiger partial charge >= 0.3 is 0 Å². The molecule has 4 N–H and O–H groups in total. The monoisotopic (exact) mass is 163 g/mol. The summed E-state index contributed by atoms with van der Waals surface area (Å²) in [5.41, 5.74) is 0. The Morgan fingerprint density at radius 2 is 1.73 bits per heavy atom. The van der Waals surface area contributed by atoms with E-state index in [1.54, 1.807) is 0 Å². The highest BCUT2D eigenvalue weighted by Crippen LogP contribution is 2.11. The Morgan fingerprint density at radius 3 is 2.09 bits per heavy atom. The van der Waals surface area contributed by atoms with Crippen LogP contribution in [0.1, 0.15) is 0 Å². The summed E-state index contributed by atoms with van der Waals surface area (Å²) in [4.78, 5) is 1.43. The molecule has 66 valence electrons. The van der Waals surface area contributed by atoms with E-state index in [1.807, 2.05) is 0 Å². The Morgan fingerprint density at radius 1 is 1.27 bits per heavy atom. The lowest BCUT2D eigenvalue weighted by Gasteiger charge is -2.19. The highest BCUT2D eigenvalue weighted by molar-refractivity contribution is 4.83. The number of hydrogen-bond donors (Lipinski definition) is 4. The van der Waals surface area contributed by atoms with Crippen LogP contribution in [0.3, 0.4) is 0 Å². The third-order valence-electron chi connectivity index (χ3n) is 1.87. The fourth-order valence-corrected chi connectivity index (χ4v) is 1.16. The van der Waals surface area contributed by atoms with Crippen molar-refractivity contribution in [1.82, 2.24) is 4.90 Å². The Bertz CT molecular complexity index is 122. The van der Waals surface area contributed by atoms with Crippen LogP contribution in [0.5, 0.6) is 0 Å². The van der Waals surface area contributed by atoms with Crippen LogP contribution in [0.25, 0.3) is 0 Å². The molecule has 3 atom stereocenters. The molecule has 2 unspecified atom stereocenters. The molecule has 0 bridgehead atoms. The maximum atomic E-state index is 9.05. The van der Waals surface area contributed by atoms with Crippen molar-refractivity contribution in [2.24, 2.45) is 0 Å². The Labute approximate surface area is 64.5 Å². The van der Waals surface area contributed by atoms with Gasteiger partial charge in [0.15, 0.2) is 0 Å². The summed E-state index contributed by atoms with van der Waals surface area (Å²) >= 11 is 0. The van der Waals surface area contributed by atoms with Crippen molar-refractivity contribution >= 4 is 0 Å². The quantitative estimate of drug-likeness (QED) is 0.357. The number of β-amino-alcohol motifs (C(OH)–C–C–N with tert-alkyl or cyclic N) is 2. The summed E-state index contributed by atoms with van der Waals surface area (Å²) < 4.78 is 0. The fraction of sp³-hybridized carbons (Fsp3) is 1.00. The molecule has 1 saturated heterocycles. The van der Waals surface area contributed by atoms with Crippen LogP contribution < -0.4 is 0 Å². The number of hydrogen-bond acceptors (Lipinski definition) is 5. The first-order valence-electron chi connectivity index (χ1n) is 3.54. The topological polar surface area (TPSA) is 84.2 Å². The van der Waals surface area contributed by atoms with Crippen LogP contribution in [-0.4, -0.2) is 63.5 Å². The molecule has 0 radical (unpaired) electrons. The van der Waals surface area contributed by atoms with Crippen LogP contribution in [0, 0.1) is 0 Å². The highest BCUT2D eigenvalue weighted by Gasteiger charge is 2.32. The molecule has 0 aromatic rings. The fourth-order valence-electron chi connectivity index (χ4n) is 1.16. The molecule has 1 heterocycles. The first-order valence-corrected chi connectivity index (χ1v) is 3.54. The van der Waals surface area contributed by atoms with E-state index >= 15 is 0 Å². The van der Waals surface area contributed by atoms with E-state index in [2.05, 4.69) is 0 Å². The first kappa shape index (κ1) is 8.89. The molecule has 5 nitrogen and oxygen atoms in total. The van der Waals surface area contributed by atoms with Gasteiger partial charge in [-0.15, -0.1) is 0 Å². The second-order valence-electron chi connectivity index (χ2n) is 2.75. The predicted octanol–water partition coefficient (Wildman–Crippen LogP) is -2.67. The van der Waals surface area contributed by atoms with E-state index in [4.69, 9.17) is 20.4 Å². The molecule has 0 spiro atoms. The lowest BCUT2D eigenvalue weighted by molar-refractivity contribution is -0.0286. The predicted molar refractivity (Wildman–Crippen MR) is 36.7 cm³/mol. The number of nitrogens with zero attached hydrogens (tertiary/aromatic N) is 1. The Hall–Kier alpha value is -0.200. The number of rotatable bonds is 2. The zero-order valence-corrected chi connectivity index (χ0v) is 6.09. The molecular weight excluding hydrogens is 150 g/mol. The molecule has 0 aliphatic carbocycles. The summed E-state index contributed by atoms with van der Waals surface area (Å²) in [5, 5.41) is 35.6. The van der Waals surface area contributed by atoms with Crippen molar-refractivity contribution in [2.45, 2.75) is 18.4 Å². The smallest absolute Gasteiger partial charge is 0.130 e. The SMILES string of the molecule is OC[C@H](O)N1CC(O)C(O)C1. The minimum Gasteiger partial charge on any atom is -0.392 e. The van der Waals surface area contributed by atoms with Crippen LogP contribution in [0.2, 0.25) is 0 Å². The van der Waals surface area contributed by atoms with E-state index in [9.17, 15) is 0 Å². The Kier molecular flexibility index (Phi) is 2.80. The second kappa shape index (κ2) is 3.46. The van der Waals surface area contributed by atoms with Crippen molar-refractivity contribution in [1.29, 1.82) is 0 Å². The van der Waals surface area contributed by atoms with Crippen molar-refractivity contribution in [3.63, 3.8) is 0 Å². The molecule has 1 aliphatic rings. The number of likely N-dealkylation sites (tertiary alicyclic amines) is 1. The first-order chi connectivity index (χ1) is 5.15. The molecule has 11 heavy (non-hydrogen) atoms. The lowest BCUT2D eigenvalue weighted by atomic mass is 10.3. The van der Waals surface area contributed by atoms with Crippen LogP contribution in [0.15, 0.2) is 0 Å². The van der Waals surface area contributed by atoms with Gasteiger partial charge in [0.05, 0.1) is 18.8 Å². The normalized spacial score (nSPS) is 36.0. The van der Waals surface area contributed by atoms with Gasteiger partial charge in [-0.3, -0.25) is 4.90 Å². The standard InChI is InChI=1S/C6H13NO4/c8-3-6(11)7-1-4(9)5(10)2-7/h4-6,8-11H,1-3H2/t4?,5?,6-/m0/s1. The number of aliphatic hydroxyl groups excluding tert-OH is 4. The Balaban J connectivity index is 2.40. The van der Waals surface area contributed by atoms with Crippen LogP contribution >= 0.6 is 0 Å². The van der Waals surface area contributed by atoms with Gasteiger partial charge in [-0.2, -0.15) is 0 Å². The molecule has 1 aliphatic heterocycles. The van der Waals surface area contributed by atoms with E-state index < -0.39 is 18.4 Å². The lowest BCUT2D eigenvalue weighted by Crippen LogP contribution is -2.36. The summed E-state index contributed by atoms with van der Waals surface area (Å²) in [6, 6.07) is 0. The summed E-state index contributed by atoms with van der Waals surface area (Å²) in [5.74, 6) is 0. The molecule has 0 amide bonds. The molecule has 0 aromatic carbocycles. The molecule has 0 aromatic heterocycles. The van der Waals surface area contributed by atoms with Crippen LogP contribution in [-0.2, 0) is 0 Å². The maximum absolute atomic E-state index is 9.05. The third kappa shape index (κ3) is 1.88. The van der Waals surface area contributed by atoms with Gasteiger partial charge in [0.2, 0.25) is 0 Å². The molecule has 5 heteroatoms. The van der Waals surface area contributed by atoms with Gasteiger partial charge in [-0.05, 0) is 0 Å². The molecule has 1 fully saturated rings. The zero-order chi connectivity index (χ0) is 8.43. The van der Waals surface area contributed by atoms with Crippen molar-refractivity contribution in [2.75, 3.05) is 19.7 Å². The third-order valence-corrected chi connectivity index (χ3v) is 1.87. The van der Waals surface area contributed by atoms with Crippen molar-refractivity contribution in [3.8, 4) is 0 Å². The van der Waals surface area contributed by atoms with E-state index in [1.165, 1.54) is 4.90 Å². The van der Waals surface area contributed by atoms with Gasteiger partial charge in [0, 0.05) is 13.1 Å². The summed E-state index contributed by atoms with van der Waals surface area (Å²) in [6.07, 6.45) is -2.59. The van der Waals surface area contributed by atoms with Gasteiger partial charge in [0.1, 0.15) is 6.23 Å². The van der Waals surface area contributed by atoms with E-state index in [0.717, 1.165) is 0 Å². The van der Waals surface area contributed by atoms with Crippen molar-refractivity contribution < 1.29 is 20.4 Å². The van der Waals surface area contributed by atoms with Gasteiger partial charge in [0.25, 0.3) is 0 Å². The average Bonchev–Trinajstić information content (AvgIpc) is 2.31. The van der Waals surface area contributed by atoms with E-state index in [-0.39, 0.29) is 19.7 Å².